The van der Waals surface area contributed by atoms with Gasteiger partial charge < -0.3 is 5.32 Å². The molecule has 1 saturated heterocycles. The van der Waals surface area contributed by atoms with Gasteiger partial charge >= 0.3 is 6.18 Å². The molecule has 0 atom stereocenters. The number of halogens is 3. The minimum Gasteiger partial charge on any atom is -0.324 e. The number of amides is 1. The molecule has 3 aromatic rings. The van der Waals surface area contributed by atoms with Gasteiger partial charge in [0.15, 0.2) is 0 Å². The van der Waals surface area contributed by atoms with Crippen molar-refractivity contribution >= 4 is 32.4 Å². The average Bonchev–Trinajstić information content (AvgIpc) is 2.78. The van der Waals surface area contributed by atoms with Gasteiger partial charge in [-0.25, -0.2) is 8.42 Å². The van der Waals surface area contributed by atoms with E-state index in [4.69, 9.17) is 0 Å². The highest BCUT2D eigenvalue weighted by Gasteiger charge is 2.34. The highest BCUT2D eigenvalue weighted by atomic mass is 32.2. The van der Waals surface area contributed by atoms with Crippen LogP contribution in [0, 0.1) is 0 Å². The van der Waals surface area contributed by atoms with Crippen LogP contribution in [0.1, 0.15) is 5.56 Å². The quantitative estimate of drug-likeness (QED) is 0.607. The first kappa shape index (κ1) is 23.2. The summed E-state index contributed by atoms with van der Waals surface area (Å²) < 4.78 is 66.8. The molecule has 6 nitrogen and oxygen atoms in total. The van der Waals surface area contributed by atoms with Gasteiger partial charge in [-0.3, -0.25) is 9.69 Å². The highest BCUT2D eigenvalue weighted by Crippen LogP contribution is 2.34. The van der Waals surface area contributed by atoms with Crippen molar-refractivity contribution in [3.63, 3.8) is 0 Å². The average molecular weight is 478 g/mol. The van der Waals surface area contributed by atoms with Crippen molar-refractivity contribution in [2.45, 2.75) is 11.1 Å². The Morgan fingerprint density at radius 2 is 1.52 bits per heavy atom. The number of fused-ring (bicyclic) bond motifs is 1. The zero-order valence-electron chi connectivity index (χ0n) is 17.5. The number of hydrogen-bond acceptors (Lipinski definition) is 4. The summed E-state index contributed by atoms with van der Waals surface area (Å²) in [7, 11) is -3.69. The largest absolute Gasteiger partial charge is 0.418 e. The third kappa shape index (κ3) is 5.18. The van der Waals surface area contributed by atoms with Crippen LogP contribution in [-0.2, 0) is 21.0 Å². The van der Waals surface area contributed by atoms with Crippen LogP contribution in [0.2, 0.25) is 0 Å². The van der Waals surface area contributed by atoms with Gasteiger partial charge in [-0.2, -0.15) is 17.5 Å². The fourth-order valence-corrected chi connectivity index (χ4v) is 5.30. The molecule has 0 saturated carbocycles. The lowest BCUT2D eigenvalue weighted by Gasteiger charge is -2.33. The first-order valence-electron chi connectivity index (χ1n) is 10.3. The molecular formula is C23H22F3N3O3S. The first-order valence-corrected chi connectivity index (χ1v) is 11.8. The highest BCUT2D eigenvalue weighted by molar-refractivity contribution is 7.89. The van der Waals surface area contributed by atoms with Crippen LogP contribution in [0.15, 0.2) is 71.6 Å². The molecule has 3 aromatic carbocycles. The molecule has 174 valence electrons. The Labute approximate surface area is 189 Å². The SMILES string of the molecule is O=C(CN1CCN(S(=O)(=O)c2ccc3ccccc3c2)CC1)Nc1ccccc1C(F)(F)F. The zero-order chi connectivity index (χ0) is 23.6. The smallest absolute Gasteiger partial charge is 0.324 e. The maximum absolute atomic E-state index is 13.1. The van der Waals surface area contributed by atoms with Crippen LogP contribution in [0.25, 0.3) is 10.8 Å². The minimum atomic E-state index is -4.58. The second kappa shape index (κ2) is 9.12. The summed E-state index contributed by atoms with van der Waals surface area (Å²) in [5, 5.41) is 4.09. The van der Waals surface area contributed by atoms with Gasteiger partial charge in [-0.15, -0.1) is 0 Å². The Balaban J connectivity index is 1.37. The molecule has 10 heteroatoms. The molecule has 0 radical (unpaired) electrons. The van der Waals surface area contributed by atoms with Crippen molar-refractivity contribution < 1.29 is 26.4 Å². The number of piperazine rings is 1. The Hall–Kier alpha value is -2.95. The number of sulfonamides is 1. The number of benzene rings is 3. The maximum atomic E-state index is 13.1. The van der Waals surface area contributed by atoms with Crippen molar-refractivity contribution in [3.05, 3.63) is 72.3 Å². The van der Waals surface area contributed by atoms with E-state index in [1.54, 1.807) is 23.1 Å². The van der Waals surface area contributed by atoms with E-state index in [2.05, 4.69) is 5.32 Å². The normalized spacial score (nSPS) is 16.1. The van der Waals surface area contributed by atoms with E-state index in [1.807, 2.05) is 24.3 Å². The maximum Gasteiger partial charge on any atom is 0.418 e. The number of carbonyl (C=O) groups is 1. The number of rotatable bonds is 5. The van der Waals surface area contributed by atoms with E-state index >= 15 is 0 Å². The number of nitrogens with one attached hydrogen (secondary N) is 1. The molecule has 1 heterocycles. The second-order valence-corrected chi connectivity index (χ2v) is 9.72. The lowest BCUT2D eigenvalue weighted by atomic mass is 10.1. The van der Waals surface area contributed by atoms with E-state index in [9.17, 15) is 26.4 Å². The molecule has 1 amide bonds. The van der Waals surface area contributed by atoms with Gasteiger partial charge in [0.2, 0.25) is 15.9 Å². The van der Waals surface area contributed by atoms with Gasteiger partial charge in [0.05, 0.1) is 22.7 Å². The predicted molar refractivity (Wildman–Crippen MR) is 119 cm³/mol. The molecule has 0 aliphatic carbocycles. The number of carbonyl (C=O) groups excluding carboxylic acids is 1. The van der Waals surface area contributed by atoms with Crippen molar-refractivity contribution in [1.29, 1.82) is 0 Å². The molecule has 0 aromatic heterocycles. The van der Waals surface area contributed by atoms with Crippen LogP contribution < -0.4 is 5.32 Å². The molecule has 0 bridgehead atoms. The number of nitrogens with zero attached hydrogens (tertiary/aromatic N) is 2. The summed E-state index contributed by atoms with van der Waals surface area (Å²) in [5.74, 6) is -0.586. The number of para-hydroxylation sites is 1. The Morgan fingerprint density at radius 3 is 2.21 bits per heavy atom. The fourth-order valence-electron chi connectivity index (χ4n) is 3.84. The monoisotopic (exact) mass is 477 g/mol. The van der Waals surface area contributed by atoms with Gasteiger partial charge in [0.25, 0.3) is 0 Å². The number of anilines is 1. The lowest BCUT2D eigenvalue weighted by molar-refractivity contribution is -0.137. The molecule has 1 fully saturated rings. The van der Waals surface area contributed by atoms with Crippen LogP contribution in [0.5, 0.6) is 0 Å². The molecule has 0 unspecified atom stereocenters. The number of hydrogen-bond donors (Lipinski definition) is 1. The van der Waals surface area contributed by atoms with Crippen molar-refractivity contribution in [3.8, 4) is 0 Å². The molecule has 0 spiro atoms. The molecular weight excluding hydrogens is 455 g/mol. The Bertz CT molecular complexity index is 1270. The standard InChI is InChI=1S/C23H22F3N3O3S/c24-23(25,26)20-7-3-4-8-21(20)27-22(30)16-28-11-13-29(14-12-28)33(31,32)19-10-9-17-5-1-2-6-18(17)15-19/h1-10,15H,11-14,16H2,(H,27,30). The fraction of sp³-hybridized carbons (Fsp3) is 0.261. The van der Waals surface area contributed by atoms with Gasteiger partial charge in [-0.1, -0.05) is 42.5 Å². The van der Waals surface area contributed by atoms with Gasteiger partial charge in [0.1, 0.15) is 0 Å². The van der Waals surface area contributed by atoms with Gasteiger partial charge in [-0.05, 0) is 35.0 Å². The lowest BCUT2D eigenvalue weighted by Crippen LogP contribution is -2.50. The second-order valence-electron chi connectivity index (χ2n) is 7.78. The summed E-state index contributed by atoms with van der Waals surface area (Å²) >= 11 is 0. The van der Waals surface area contributed by atoms with E-state index in [1.165, 1.54) is 22.5 Å². The Morgan fingerprint density at radius 1 is 0.879 bits per heavy atom. The van der Waals surface area contributed by atoms with Crippen molar-refractivity contribution in [1.82, 2.24) is 9.21 Å². The molecule has 1 N–H and O–H groups in total. The molecule has 4 rings (SSSR count). The Kier molecular flexibility index (Phi) is 6.42. The summed E-state index contributed by atoms with van der Waals surface area (Å²) in [4.78, 5) is 14.3. The summed E-state index contributed by atoms with van der Waals surface area (Å²) in [6.07, 6.45) is -4.58. The van der Waals surface area contributed by atoms with Crippen molar-refractivity contribution in [2.75, 3.05) is 38.0 Å². The third-order valence-corrected chi connectivity index (χ3v) is 7.46. The van der Waals surface area contributed by atoms with Crippen LogP contribution in [0.4, 0.5) is 18.9 Å². The summed E-state index contributed by atoms with van der Waals surface area (Å²) in [6.45, 7) is 0.821. The van der Waals surface area contributed by atoms with Crippen LogP contribution in [0.3, 0.4) is 0 Å². The van der Waals surface area contributed by atoms with E-state index in [0.717, 1.165) is 16.8 Å². The van der Waals surface area contributed by atoms with Crippen LogP contribution >= 0.6 is 0 Å². The predicted octanol–water partition coefficient (Wildman–Crippen LogP) is 3.80. The topological polar surface area (TPSA) is 69.7 Å². The van der Waals surface area contributed by atoms with Crippen LogP contribution in [-0.4, -0.2) is 56.3 Å². The van der Waals surface area contributed by atoms with E-state index in [0.29, 0.717) is 13.1 Å². The zero-order valence-corrected chi connectivity index (χ0v) is 18.4. The van der Waals surface area contributed by atoms with E-state index in [-0.39, 0.29) is 30.2 Å². The van der Waals surface area contributed by atoms with E-state index < -0.39 is 27.7 Å². The molecule has 33 heavy (non-hydrogen) atoms. The summed E-state index contributed by atoms with van der Waals surface area (Å²) in [6, 6.07) is 17.3. The first-order chi connectivity index (χ1) is 15.6. The molecule has 1 aliphatic heterocycles. The minimum absolute atomic E-state index is 0.129. The van der Waals surface area contributed by atoms with Gasteiger partial charge in [0, 0.05) is 26.2 Å². The summed E-state index contributed by atoms with van der Waals surface area (Å²) in [5.41, 5.74) is -1.21. The number of alkyl halides is 3. The molecule has 1 aliphatic rings. The third-order valence-electron chi connectivity index (χ3n) is 5.56. The van der Waals surface area contributed by atoms with Crippen molar-refractivity contribution in [2.24, 2.45) is 0 Å².